The second kappa shape index (κ2) is 9.17. The van der Waals surface area contributed by atoms with Gasteiger partial charge in [-0.1, -0.05) is 12.1 Å². The number of carbonyl (C=O) groups is 1. The Balaban J connectivity index is 1.70. The van der Waals surface area contributed by atoms with Crippen LogP contribution < -0.4 is 10.1 Å². The van der Waals surface area contributed by atoms with Crippen molar-refractivity contribution in [3.63, 3.8) is 0 Å². The molecule has 0 atom stereocenters. The van der Waals surface area contributed by atoms with Crippen LogP contribution in [-0.2, 0) is 11.3 Å². The first-order valence-corrected chi connectivity index (χ1v) is 8.01. The van der Waals surface area contributed by atoms with Crippen molar-refractivity contribution in [3.8, 4) is 5.75 Å². The van der Waals surface area contributed by atoms with Crippen molar-refractivity contribution in [2.24, 2.45) is 0 Å². The fourth-order valence-electron chi connectivity index (χ4n) is 1.90. The van der Waals surface area contributed by atoms with E-state index in [1.165, 1.54) is 18.2 Å². The Labute approximate surface area is 146 Å². The summed E-state index contributed by atoms with van der Waals surface area (Å²) < 4.78 is 31.0. The minimum Gasteiger partial charge on any atom is -0.435 e. The van der Waals surface area contributed by atoms with Crippen LogP contribution in [0.5, 0.6) is 5.75 Å². The molecule has 0 aliphatic rings. The van der Waals surface area contributed by atoms with E-state index in [2.05, 4.69) is 31.1 Å². The summed E-state index contributed by atoms with van der Waals surface area (Å²) in [6, 6.07) is 6.03. The van der Waals surface area contributed by atoms with Crippen molar-refractivity contribution < 1.29 is 18.3 Å². The van der Waals surface area contributed by atoms with Crippen molar-refractivity contribution in [2.45, 2.75) is 19.6 Å². The molecule has 2 aromatic rings. The molecule has 128 valence electrons. The molecule has 0 spiro atoms. The fraction of sp³-hybridized carbons (Fsp3) is 0.250. The molecular weight excluding hydrogens is 384 g/mol. The second-order valence-electron chi connectivity index (χ2n) is 4.85. The van der Waals surface area contributed by atoms with E-state index in [9.17, 15) is 13.6 Å². The molecule has 0 saturated heterocycles. The molecule has 1 aromatic heterocycles. The Morgan fingerprint density at radius 3 is 2.75 bits per heavy atom. The third-order valence-corrected chi connectivity index (χ3v) is 3.41. The molecular formula is C16H16BrF2N3O2. The molecule has 0 bridgehead atoms. The van der Waals surface area contributed by atoms with E-state index in [0.29, 0.717) is 18.7 Å². The fourth-order valence-corrected chi connectivity index (χ4v) is 2.23. The topological polar surface area (TPSA) is 56.1 Å². The Morgan fingerprint density at radius 1 is 1.38 bits per heavy atom. The number of nitrogens with one attached hydrogen (secondary N) is 1. The molecule has 0 aliphatic carbocycles. The van der Waals surface area contributed by atoms with Gasteiger partial charge in [-0.2, -0.15) is 13.9 Å². The number of hydrogen-bond acceptors (Lipinski definition) is 3. The number of benzene rings is 1. The molecule has 5 nitrogen and oxygen atoms in total. The molecule has 24 heavy (non-hydrogen) atoms. The first kappa shape index (κ1) is 18.1. The van der Waals surface area contributed by atoms with Crippen LogP contribution in [0.3, 0.4) is 0 Å². The maximum absolute atomic E-state index is 12.0. The van der Waals surface area contributed by atoms with Gasteiger partial charge in [0.25, 0.3) is 0 Å². The lowest BCUT2D eigenvalue weighted by Gasteiger charge is -2.04. The van der Waals surface area contributed by atoms with E-state index in [0.717, 1.165) is 10.9 Å². The monoisotopic (exact) mass is 399 g/mol. The van der Waals surface area contributed by atoms with Crippen LogP contribution in [0.15, 0.2) is 47.2 Å². The zero-order chi connectivity index (χ0) is 17.4. The highest BCUT2D eigenvalue weighted by Gasteiger charge is 2.03. The lowest BCUT2D eigenvalue weighted by Crippen LogP contribution is -2.23. The number of nitrogens with zero attached hydrogens (tertiary/aromatic N) is 2. The lowest BCUT2D eigenvalue weighted by molar-refractivity contribution is -0.116. The van der Waals surface area contributed by atoms with E-state index in [-0.39, 0.29) is 11.7 Å². The summed E-state index contributed by atoms with van der Waals surface area (Å²) >= 11 is 3.32. The van der Waals surface area contributed by atoms with Gasteiger partial charge in [-0.3, -0.25) is 9.48 Å². The molecule has 0 unspecified atom stereocenters. The van der Waals surface area contributed by atoms with Crippen LogP contribution in [0, 0.1) is 0 Å². The number of alkyl halides is 2. The van der Waals surface area contributed by atoms with E-state index in [4.69, 9.17) is 0 Å². The largest absolute Gasteiger partial charge is 0.435 e. The van der Waals surface area contributed by atoms with Gasteiger partial charge >= 0.3 is 6.61 Å². The van der Waals surface area contributed by atoms with E-state index < -0.39 is 6.61 Å². The molecule has 0 radical (unpaired) electrons. The average Bonchev–Trinajstić information content (AvgIpc) is 2.96. The van der Waals surface area contributed by atoms with Crippen LogP contribution in [0.2, 0.25) is 0 Å². The standard InChI is InChI=1S/C16H16BrF2N3O2/c17-13-10-21-22(11-13)9-1-8-20-15(23)7-4-12-2-5-14(6-3-12)24-16(18)19/h2-7,10-11,16H,1,8-9H2,(H,20,23)/b7-4-. The first-order chi connectivity index (χ1) is 11.5. The third-order valence-electron chi connectivity index (χ3n) is 3.00. The Morgan fingerprint density at radius 2 is 2.12 bits per heavy atom. The molecule has 0 aliphatic heterocycles. The number of halogens is 3. The maximum Gasteiger partial charge on any atom is 0.387 e. The molecule has 0 saturated carbocycles. The van der Waals surface area contributed by atoms with Gasteiger partial charge in [-0.15, -0.1) is 0 Å². The number of rotatable bonds is 8. The van der Waals surface area contributed by atoms with Gasteiger partial charge in [-0.25, -0.2) is 0 Å². The summed E-state index contributed by atoms with van der Waals surface area (Å²) in [5, 5.41) is 6.88. The number of ether oxygens (including phenoxy) is 1. The normalized spacial score (nSPS) is 11.2. The smallest absolute Gasteiger partial charge is 0.387 e. The minimum atomic E-state index is -2.85. The molecule has 1 N–H and O–H groups in total. The van der Waals surface area contributed by atoms with Gasteiger partial charge in [0.2, 0.25) is 5.91 Å². The summed E-state index contributed by atoms with van der Waals surface area (Å²) in [5.74, 6) is -0.138. The van der Waals surface area contributed by atoms with Crippen LogP contribution >= 0.6 is 15.9 Å². The van der Waals surface area contributed by atoms with Gasteiger partial charge in [0.05, 0.1) is 10.7 Å². The zero-order valence-electron chi connectivity index (χ0n) is 12.7. The molecule has 2 rings (SSSR count). The number of amides is 1. The van der Waals surface area contributed by atoms with Crippen LogP contribution in [0.4, 0.5) is 8.78 Å². The summed E-state index contributed by atoms with van der Waals surface area (Å²) in [6.45, 7) is -1.61. The van der Waals surface area contributed by atoms with Gasteiger partial charge in [0.15, 0.2) is 0 Å². The van der Waals surface area contributed by atoms with Crippen molar-refractivity contribution >= 4 is 27.9 Å². The van der Waals surface area contributed by atoms with Crippen molar-refractivity contribution in [1.82, 2.24) is 15.1 Å². The van der Waals surface area contributed by atoms with Crippen molar-refractivity contribution in [3.05, 3.63) is 52.8 Å². The third kappa shape index (κ3) is 6.49. The molecule has 1 aromatic carbocycles. The Kier molecular flexibility index (Phi) is 6.92. The number of carbonyl (C=O) groups excluding carboxylic acids is 1. The molecule has 0 fully saturated rings. The Bertz CT molecular complexity index is 687. The average molecular weight is 400 g/mol. The van der Waals surface area contributed by atoms with Gasteiger partial charge in [0, 0.05) is 25.4 Å². The summed E-state index contributed by atoms with van der Waals surface area (Å²) in [7, 11) is 0. The van der Waals surface area contributed by atoms with Gasteiger partial charge < -0.3 is 10.1 Å². The Hall–Kier alpha value is -2.22. The van der Waals surface area contributed by atoms with E-state index >= 15 is 0 Å². The SMILES string of the molecule is O=C(/C=C\c1ccc(OC(F)F)cc1)NCCCn1cc(Br)cn1. The highest BCUT2D eigenvalue weighted by molar-refractivity contribution is 9.10. The van der Waals surface area contributed by atoms with Gasteiger partial charge in [-0.05, 0) is 46.1 Å². The lowest BCUT2D eigenvalue weighted by atomic mass is 10.2. The predicted octanol–water partition coefficient (Wildman–Crippen LogP) is 3.47. The van der Waals surface area contributed by atoms with Gasteiger partial charge in [0.1, 0.15) is 5.75 Å². The van der Waals surface area contributed by atoms with Crippen molar-refractivity contribution in [1.29, 1.82) is 0 Å². The highest BCUT2D eigenvalue weighted by atomic mass is 79.9. The number of aryl methyl sites for hydroxylation is 1. The summed E-state index contributed by atoms with van der Waals surface area (Å²) in [4.78, 5) is 11.7. The highest BCUT2D eigenvalue weighted by Crippen LogP contribution is 2.15. The minimum absolute atomic E-state index is 0.0804. The van der Waals surface area contributed by atoms with E-state index in [1.807, 2.05) is 6.20 Å². The summed E-state index contributed by atoms with van der Waals surface area (Å²) in [5.41, 5.74) is 0.716. The molecule has 1 amide bonds. The van der Waals surface area contributed by atoms with Crippen LogP contribution in [0.25, 0.3) is 6.08 Å². The van der Waals surface area contributed by atoms with Crippen molar-refractivity contribution in [2.75, 3.05) is 6.54 Å². The molecule has 1 heterocycles. The predicted molar refractivity (Wildman–Crippen MR) is 89.7 cm³/mol. The molecule has 8 heteroatoms. The second-order valence-corrected chi connectivity index (χ2v) is 5.76. The quantitative estimate of drug-likeness (QED) is 0.546. The zero-order valence-corrected chi connectivity index (χ0v) is 14.2. The first-order valence-electron chi connectivity index (χ1n) is 7.21. The van der Waals surface area contributed by atoms with Crippen LogP contribution in [0.1, 0.15) is 12.0 Å². The maximum atomic E-state index is 12.0. The van der Waals surface area contributed by atoms with Crippen LogP contribution in [-0.4, -0.2) is 28.8 Å². The van der Waals surface area contributed by atoms with E-state index in [1.54, 1.807) is 29.1 Å². The number of aromatic nitrogens is 2. The summed E-state index contributed by atoms with van der Waals surface area (Å²) in [6.07, 6.45) is 7.33. The number of hydrogen-bond donors (Lipinski definition) is 1.